The summed E-state index contributed by atoms with van der Waals surface area (Å²) in [6.45, 7) is 0. The van der Waals surface area contributed by atoms with Crippen molar-refractivity contribution in [1.82, 2.24) is 4.57 Å². The third-order valence-electron chi connectivity index (χ3n) is 10.6. The molecule has 0 N–H and O–H groups in total. The van der Waals surface area contributed by atoms with Gasteiger partial charge in [0.2, 0.25) is 0 Å². The molecular formula is C51H34N2. The van der Waals surface area contributed by atoms with Crippen LogP contribution in [0.15, 0.2) is 206 Å². The molecule has 1 aliphatic carbocycles. The number of nitrogens with zero attached hydrogens (tertiary/aromatic N) is 2. The first-order valence-electron chi connectivity index (χ1n) is 18.1. The molecule has 1 aromatic heterocycles. The minimum Gasteiger partial charge on any atom is -0.310 e. The van der Waals surface area contributed by atoms with Crippen LogP contribution in [0.5, 0.6) is 0 Å². The lowest BCUT2D eigenvalue weighted by Gasteiger charge is -2.30. The first-order chi connectivity index (χ1) is 26.3. The van der Waals surface area contributed by atoms with Crippen LogP contribution in [0.4, 0.5) is 17.1 Å². The maximum Gasteiger partial charge on any atom is 0.108 e. The minimum atomic E-state index is -0.665. The third kappa shape index (κ3) is 4.90. The molecule has 53 heavy (non-hydrogen) atoms. The van der Waals surface area contributed by atoms with Gasteiger partial charge in [-0.05, 0) is 89.0 Å². The Hall–Kier alpha value is -7.08. The second kappa shape index (κ2) is 12.6. The smallest absolute Gasteiger partial charge is 0.108 e. The quantitative estimate of drug-likeness (QED) is 0.165. The van der Waals surface area contributed by atoms with Crippen LogP contribution in [0, 0.1) is 11.8 Å². The number of hydrogen-bond acceptors (Lipinski definition) is 1. The molecule has 0 radical (unpaired) electrons. The van der Waals surface area contributed by atoms with Gasteiger partial charge in [-0.1, -0.05) is 151 Å². The summed E-state index contributed by atoms with van der Waals surface area (Å²) in [6.07, 6.45) is 0. The Bertz CT molecular complexity index is 2770. The maximum absolute atomic E-state index is 3.87. The molecule has 1 aliphatic rings. The molecule has 1 heterocycles. The molecule has 8 aromatic carbocycles. The van der Waals surface area contributed by atoms with Crippen LogP contribution in [0.25, 0.3) is 38.6 Å². The van der Waals surface area contributed by atoms with Crippen LogP contribution in [0.2, 0.25) is 0 Å². The Morgan fingerprint density at radius 1 is 0.434 bits per heavy atom. The highest BCUT2D eigenvalue weighted by Gasteiger charge is 2.45. The van der Waals surface area contributed by atoms with Crippen molar-refractivity contribution in [3.63, 3.8) is 0 Å². The van der Waals surface area contributed by atoms with Gasteiger partial charge in [0.15, 0.2) is 0 Å². The minimum absolute atomic E-state index is 0.665. The van der Waals surface area contributed by atoms with Gasteiger partial charge in [-0.25, -0.2) is 0 Å². The van der Waals surface area contributed by atoms with Gasteiger partial charge in [-0.2, -0.15) is 0 Å². The molecule has 10 rings (SSSR count). The SMILES string of the molecule is C(#CC1(c2ccccc2)c2ccccc2-c2c(N(c3ccccc3)c3ccc(-n4c5ccccc5c5ccccc54)cc3)cccc21)c1ccccc1. The van der Waals surface area contributed by atoms with Crippen LogP contribution in [0.1, 0.15) is 22.3 Å². The van der Waals surface area contributed by atoms with Gasteiger partial charge in [0, 0.05) is 39.0 Å². The van der Waals surface area contributed by atoms with Crippen molar-refractivity contribution in [2.45, 2.75) is 5.41 Å². The van der Waals surface area contributed by atoms with E-state index in [0.717, 1.165) is 33.9 Å². The van der Waals surface area contributed by atoms with E-state index in [4.69, 9.17) is 0 Å². The molecule has 0 saturated carbocycles. The lowest BCUT2D eigenvalue weighted by molar-refractivity contribution is 0.837. The van der Waals surface area contributed by atoms with E-state index >= 15 is 0 Å². The fraction of sp³-hybridized carbons (Fsp3) is 0.0196. The monoisotopic (exact) mass is 674 g/mol. The number of rotatable bonds is 5. The molecule has 9 aromatic rings. The first kappa shape index (κ1) is 30.7. The number of aromatic nitrogens is 1. The zero-order chi connectivity index (χ0) is 35.2. The summed E-state index contributed by atoms with van der Waals surface area (Å²) in [5, 5.41) is 2.52. The zero-order valence-electron chi connectivity index (χ0n) is 29.0. The van der Waals surface area contributed by atoms with Crippen molar-refractivity contribution in [2.24, 2.45) is 0 Å². The predicted molar refractivity (Wildman–Crippen MR) is 221 cm³/mol. The Morgan fingerprint density at radius 3 is 1.68 bits per heavy atom. The lowest BCUT2D eigenvalue weighted by atomic mass is 9.73. The van der Waals surface area contributed by atoms with Gasteiger partial charge < -0.3 is 9.47 Å². The van der Waals surface area contributed by atoms with Crippen molar-refractivity contribution >= 4 is 38.9 Å². The Kier molecular flexibility index (Phi) is 7.30. The summed E-state index contributed by atoms with van der Waals surface area (Å²) in [5.41, 5.74) is 13.1. The summed E-state index contributed by atoms with van der Waals surface area (Å²) >= 11 is 0. The molecule has 0 bridgehead atoms. The molecule has 248 valence electrons. The predicted octanol–water partition coefficient (Wildman–Crippen LogP) is 12.6. The van der Waals surface area contributed by atoms with E-state index in [1.807, 2.05) is 6.07 Å². The molecule has 1 atom stereocenters. The van der Waals surface area contributed by atoms with Crippen LogP contribution < -0.4 is 4.90 Å². The highest BCUT2D eigenvalue weighted by Crippen LogP contribution is 2.56. The summed E-state index contributed by atoms with van der Waals surface area (Å²) in [5.74, 6) is 7.47. The van der Waals surface area contributed by atoms with Gasteiger partial charge in [-0.15, -0.1) is 0 Å². The summed E-state index contributed by atoms with van der Waals surface area (Å²) < 4.78 is 2.37. The standard InChI is InChI=1S/C51H34N2/c1-4-17-37(18-5-1)35-36-51(38-19-6-2-7-20-38)45-26-13-10-25-44(45)50-46(51)27-16-30-49(50)52(39-21-8-3-9-22-39)40-31-33-41(34-32-40)53-47-28-14-11-23-42(47)43-24-12-15-29-48(43)53/h1-34H. The van der Waals surface area contributed by atoms with Crippen molar-refractivity contribution in [3.05, 3.63) is 229 Å². The average molecular weight is 675 g/mol. The average Bonchev–Trinajstić information content (AvgIpc) is 3.73. The largest absolute Gasteiger partial charge is 0.310 e. The Labute approximate surface area is 309 Å². The topological polar surface area (TPSA) is 8.17 Å². The molecular weight excluding hydrogens is 641 g/mol. The number of fused-ring (bicyclic) bond motifs is 6. The highest BCUT2D eigenvalue weighted by molar-refractivity contribution is 6.09. The molecule has 0 spiro atoms. The second-order valence-corrected chi connectivity index (χ2v) is 13.5. The first-order valence-corrected chi connectivity index (χ1v) is 18.1. The van der Waals surface area contributed by atoms with Crippen molar-refractivity contribution < 1.29 is 0 Å². The van der Waals surface area contributed by atoms with E-state index in [-0.39, 0.29) is 0 Å². The Morgan fingerprint density at radius 2 is 0.981 bits per heavy atom. The fourth-order valence-electron chi connectivity index (χ4n) is 8.34. The number of benzene rings is 8. The molecule has 0 fully saturated rings. The molecule has 0 aliphatic heterocycles. The normalized spacial score (nSPS) is 14.3. The molecule has 2 heteroatoms. The van der Waals surface area contributed by atoms with Crippen LogP contribution in [-0.4, -0.2) is 4.57 Å². The zero-order valence-corrected chi connectivity index (χ0v) is 29.0. The number of anilines is 3. The summed E-state index contributed by atoms with van der Waals surface area (Å²) in [7, 11) is 0. The van der Waals surface area contributed by atoms with E-state index in [9.17, 15) is 0 Å². The summed E-state index contributed by atoms with van der Waals surface area (Å²) in [4.78, 5) is 2.40. The van der Waals surface area contributed by atoms with Gasteiger partial charge in [0.25, 0.3) is 0 Å². The van der Waals surface area contributed by atoms with E-state index < -0.39 is 5.41 Å². The van der Waals surface area contributed by atoms with Gasteiger partial charge in [-0.3, -0.25) is 0 Å². The number of hydrogen-bond donors (Lipinski definition) is 0. The molecule has 2 nitrogen and oxygen atoms in total. The molecule has 0 amide bonds. The molecule has 0 saturated heterocycles. The molecule has 1 unspecified atom stereocenters. The van der Waals surface area contributed by atoms with Gasteiger partial charge >= 0.3 is 0 Å². The van der Waals surface area contributed by atoms with Crippen LogP contribution in [-0.2, 0) is 5.41 Å². The van der Waals surface area contributed by atoms with Gasteiger partial charge in [0.05, 0.1) is 16.7 Å². The van der Waals surface area contributed by atoms with E-state index in [0.29, 0.717) is 0 Å². The fourth-order valence-corrected chi connectivity index (χ4v) is 8.34. The maximum atomic E-state index is 3.87. The van der Waals surface area contributed by atoms with Crippen molar-refractivity contribution in [1.29, 1.82) is 0 Å². The van der Waals surface area contributed by atoms with Crippen molar-refractivity contribution in [2.75, 3.05) is 4.90 Å². The third-order valence-corrected chi connectivity index (χ3v) is 10.6. The number of para-hydroxylation sites is 3. The van der Waals surface area contributed by atoms with E-state index in [2.05, 4.69) is 221 Å². The summed E-state index contributed by atoms with van der Waals surface area (Å²) in [6, 6.07) is 73.7. The second-order valence-electron chi connectivity index (χ2n) is 13.5. The van der Waals surface area contributed by atoms with Gasteiger partial charge in [0.1, 0.15) is 5.41 Å². The van der Waals surface area contributed by atoms with Crippen molar-refractivity contribution in [3.8, 4) is 28.7 Å². The highest BCUT2D eigenvalue weighted by atomic mass is 15.1. The Balaban J connectivity index is 1.19. The van der Waals surface area contributed by atoms with E-state index in [1.54, 1.807) is 0 Å². The van der Waals surface area contributed by atoms with Crippen LogP contribution in [0.3, 0.4) is 0 Å². The van der Waals surface area contributed by atoms with E-state index in [1.165, 1.54) is 44.1 Å². The lowest BCUT2D eigenvalue weighted by Crippen LogP contribution is -2.25. The van der Waals surface area contributed by atoms with Crippen LogP contribution >= 0.6 is 0 Å².